The fourth-order valence-electron chi connectivity index (χ4n) is 6.88. The standard InChI is InChI=1S/C33H24ClN3O3/c1-19-14-16-20(17-15-19)30(38)36-35-18-33-23-10-4-2-8-21(23)27(22-9-3-5-11-24(22)33)28-29(33)32(40)37(31(28)39)26-13-7-6-12-25(26)34/h2-18,27-29H,1H3,(H,36,38)/b35-18-/t27?,28-,29+,33?/m0/s1. The summed E-state index contributed by atoms with van der Waals surface area (Å²) in [5.74, 6) is -2.66. The maximum Gasteiger partial charge on any atom is 0.271 e. The number of para-hydroxylation sites is 1. The number of imide groups is 1. The SMILES string of the molecule is Cc1ccc(C(=O)N/N=C\C23c4ccccc4C(c4ccccc42)[C@@H]2C(=O)N(c4ccccc4Cl)C(=O)[C@@H]23)cc1. The molecule has 3 aliphatic carbocycles. The van der Waals surface area contributed by atoms with Gasteiger partial charge in [-0.15, -0.1) is 0 Å². The van der Waals surface area contributed by atoms with Crippen molar-refractivity contribution in [2.45, 2.75) is 18.3 Å². The van der Waals surface area contributed by atoms with E-state index in [1.54, 1.807) is 42.6 Å². The van der Waals surface area contributed by atoms with Gasteiger partial charge in [-0.25, -0.2) is 10.3 Å². The first-order valence-electron chi connectivity index (χ1n) is 13.2. The molecule has 4 aliphatic rings. The van der Waals surface area contributed by atoms with Crippen LogP contribution in [-0.4, -0.2) is 23.9 Å². The molecule has 1 fully saturated rings. The van der Waals surface area contributed by atoms with Crippen LogP contribution >= 0.6 is 11.6 Å². The van der Waals surface area contributed by atoms with Crippen molar-refractivity contribution in [1.82, 2.24) is 5.43 Å². The number of amides is 3. The Morgan fingerprint density at radius 1 is 0.850 bits per heavy atom. The number of carbonyl (C=O) groups is 3. The predicted molar refractivity (Wildman–Crippen MR) is 154 cm³/mol. The summed E-state index contributed by atoms with van der Waals surface area (Å²) in [6.07, 6.45) is 1.66. The monoisotopic (exact) mass is 545 g/mol. The van der Waals surface area contributed by atoms with Crippen LogP contribution < -0.4 is 10.3 Å². The Morgan fingerprint density at radius 2 is 1.45 bits per heavy atom. The number of nitrogens with one attached hydrogen (secondary N) is 1. The molecule has 0 aromatic heterocycles. The second-order valence-corrected chi connectivity index (χ2v) is 11.0. The Labute approximate surface area is 236 Å². The maximum atomic E-state index is 14.4. The molecule has 4 aromatic rings. The fraction of sp³-hybridized carbons (Fsp3) is 0.152. The van der Waals surface area contributed by atoms with Gasteiger partial charge < -0.3 is 0 Å². The van der Waals surface area contributed by atoms with Crippen molar-refractivity contribution < 1.29 is 14.4 Å². The largest absolute Gasteiger partial charge is 0.274 e. The molecule has 0 radical (unpaired) electrons. The quantitative estimate of drug-likeness (QED) is 0.205. The molecule has 1 aliphatic heterocycles. The van der Waals surface area contributed by atoms with E-state index in [2.05, 4.69) is 10.5 Å². The van der Waals surface area contributed by atoms with E-state index in [0.29, 0.717) is 16.3 Å². The lowest BCUT2D eigenvalue weighted by molar-refractivity contribution is -0.122. The van der Waals surface area contributed by atoms with Crippen LogP contribution in [0.1, 0.15) is 44.1 Å². The topological polar surface area (TPSA) is 78.8 Å². The number of halogens is 1. The molecule has 6 nitrogen and oxygen atoms in total. The number of nitrogens with zero attached hydrogens (tertiary/aromatic N) is 2. The van der Waals surface area contributed by atoms with E-state index in [-0.39, 0.29) is 23.6 Å². The number of hydrogen-bond donors (Lipinski definition) is 1. The third-order valence-corrected chi connectivity index (χ3v) is 8.84. The third-order valence-electron chi connectivity index (χ3n) is 8.53. The van der Waals surface area contributed by atoms with E-state index in [4.69, 9.17) is 11.6 Å². The molecule has 2 bridgehead atoms. The molecule has 8 rings (SSSR count). The molecule has 196 valence electrons. The molecule has 0 saturated carbocycles. The lowest BCUT2D eigenvalue weighted by Gasteiger charge is -2.52. The minimum absolute atomic E-state index is 0.279. The Hall–Kier alpha value is -4.55. The van der Waals surface area contributed by atoms with E-state index >= 15 is 0 Å². The van der Waals surface area contributed by atoms with Gasteiger partial charge in [0, 0.05) is 17.7 Å². The van der Waals surface area contributed by atoms with Gasteiger partial charge >= 0.3 is 0 Å². The maximum absolute atomic E-state index is 14.4. The zero-order valence-corrected chi connectivity index (χ0v) is 22.3. The van der Waals surface area contributed by atoms with E-state index in [1.807, 2.05) is 67.6 Å². The van der Waals surface area contributed by atoms with Crippen molar-refractivity contribution in [2.75, 3.05) is 4.90 Å². The first kappa shape index (κ1) is 24.5. The molecule has 0 spiro atoms. The fourth-order valence-corrected chi connectivity index (χ4v) is 7.10. The lowest BCUT2D eigenvalue weighted by atomic mass is 9.47. The van der Waals surface area contributed by atoms with Gasteiger partial charge in [-0.1, -0.05) is 90.0 Å². The van der Waals surface area contributed by atoms with Gasteiger partial charge in [-0.3, -0.25) is 14.4 Å². The Bertz CT molecular complexity index is 1700. The smallest absolute Gasteiger partial charge is 0.271 e. The summed E-state index contributed by atoms with van der Waals surface area (Å²) in [6.45, 7) is 1.95. The Morgan fingerprint density at radius 3 is 2.10 bits per heavy atom. The van der Waals surface area contributed by atoms with Crippen LogP contribution in [0.5, 0.6) is 0 Å². The Kier molecular flexibility index (Phi) is 5.51. The first-order valence-corrected chi connectivity index (χ1v) is 13.5. The predicted octanol–water partition coefficient (Wildman–Crippen LogP) is 5.62. The van der Waals surface area contributed by atoms with Crippen LogP contribution in [0, 0.1) is 18.8 Å². The molecule has 2 atom stereocenters. The van der Waals surface area contributed by atoms with E-state index in [1.165, 1.54) is 4.90 Å². The number of hydrazone groups is 1. The van der Waals surface area contributed by atoms with Crippen LogP contribution in [0.4, 0.5) is 5.69 Å². The van der Waals surface area contributed by atoms with E-state index in [0.717, 1.165) is 27.8 Å². The lowest BCUT2D eigenvalue weighted by Crippen LogP contribution is -2.54. The molecule has 1 saturated heterocycles. The number of aryl methyl sites for hydroxylation is 1. The number of rotatable bonds is 4. The minimum Gasteiger partial charge on any atom is -0.274 e. The molecule has 1 N–H and O–H groups in total. The van der Waals surface area contributed by atoms with Crippen LogP contribution in [0.2, 0.25) is 5.02 Å². The molecule has 40 heavy (non-hydrogen) atoms. The highest BCUT2D eigenvalue weighted by atomic mass is 35.5. The second-order valence-electron chi connectivity index (χ2n) is 10.6. The number of benzene rings is 4. The van der Waals surface area contributed by atoms with Gasteiger partial charge in [0.2, 0.25) is 11.8 Å². The van der Waals surface area contributed by atoms with Crippen molar-refractivity contribution in [3.8, 4) is 0 Å². The van der Waals surface area contributed by atoms with Crippen molar-refractivity contribution in [3.05, 3.63) is 135 Å². The zero-order chi connectivity index (χ0) is 27.6. The van der Waals surface area contributed by atoms with Gasteiger partial charge in [-0.05, 0) is 53.4 Å². The highest BCUT2D eigenvalue weighted by Crippen LogP contribution is 2.63. The number of hydrogen-bond acceptors (Lipinski definition) is 4. The summed E-state index contributed by atoms with van der Waals surface area (Å²) in [7, 11) is 0. The van der Waals surface area contributed by atoms with Crippen LogP contribution in [0.3, 0.4) is 0 Å². The third kappa shape index (κ3) is 3.29. The summed E-state index contributed by atoms with van der Waals surface area (Å²) in [5, 5.41) is 4.79. The number of anilines is 1. The second kappa shape index (κ2) is 9.00. The molecular weight excluding hydrogens is 522 g/mol. The molecule has 0 unspecified atom stereocenters. The normalized spacial score (nSPS) is 24.1. The van der Waals surface area contributed by atoms with Crippen molar-refractivity contribution in [3.63, 3.8) is 0 Å². The summed E-state index contributed by atoms with van der Waals surface area (Å²) in [6, 6.07) is 29.9. The molecule has 4 aromatic carbocycles. The van der Waals surface area contributed by atoms with Gasteiger partial charge in [0.25, 0.3) is 5.91 Å². The van der Waals surface area contributed by atoms with Crippen LogP contribution in [0.15, 0.2) is 102 Å². The summed E-state index contributed by atoms with van der Waals surface area (Å²) >= 11 is 6.50. The average Bonchev–Trinajstić information content (AvgIpc) is 3.24. The Balaban J connectivity index is 1.41. The van der Waals surface area contributed by atoms with Gasteiger partial charge in [0.15, 0.2) is 0 Å². The highest BCUT2D eigenvalue weighted by Gasteiger charge is 2.68. The zero-order valence-electron chi connectivity index (χ0n) is 21.5. The minimum atomic E-state index is -1.07. The summed E-state index contributed by atoms with van der Waals surface area (Å²) < 4.78 is 0. The molecule has 7 heteroatoms. The van der Waals surface area contributed by atoms with Crippen LogP contribution in [-0.2, 0) is 15.0 Å². The van der Waals surface area contributed by atoms with Crippen molar-refractivity contribution >= 4 is 41.2 Å². The van der Waals surface area contributed by atoms with Gasteiger partial charge in [0.05, 0.1) is 28.0 Å². The van der Waals surface area contributed by atoms with E-state index in [9.17, 15) is 14.4 Å². The first-order chi connectivity index (χ1) is 19.4. The summed E-state index contributed by atoms with van der Waals surface area (Å²) in [5.41, 5.74) is 7.28. The van der Waals surface area contributed by atoms with Gasteiger partial charge in [0.1, 0.15) is 0 Å². The van der Waals surface area contributed by atoms with E-state index < -0.39 is 17.3 Å². The summed E-state index contributed by atoms with van der Waals surface area (Å²) in [4.78, 5) is 42.7. The van der Waals surface area contributed by atoms with Gasteiger partial charge in [-0.2, -0.15) is 5.10 Å². The van der Waals surface area contributed by atoms with Crippen molar-refractivity contribution in [1.29, 1.82) is 0 Å². The molecule has 3 amide bonds. The molecule has 1 heterocycles. The average molecular weight is 546 g/mol. The van der Waals surface area contributed by atoms with Crippen LogP contribution in [0.25, 0.3) is 0 Å². The molecular formula is C33H24ClN3O3. The number of carbonyl (C=O) groups excluding carboxylic acids is 3. The van der Waals surface area contributed by atoms with Crippen molar-refractivity contribution in [2.24, 2.45) is 16.9 Å². The highest BCUT2D eigenvalue weighted by molar-refractivity contribution is 6.36.